The van der Waals surface area contributed by atoms with Crippen LogP contribution in [0.3, 0.4) is 0 Å². The molecule has 0 spiro atoms. The van der Waals surface area contributed by atoms with Crippen LogP contribution in [0.2, 0.25) is 0 Å². The summed E-state index contributed by atoms with van der Waals surface area (Å²) in [6.07, 6.45) is 2.25. The van der Waals surface area contributed by atoms with Crippen molar-refractivity contribution in [1.29, 1.82) is 0 Å². The molecule has 0 bridgehead atoms. The topological polar surface area (TPSA) is 26.0 Å². The van der Waals surface area contributed by atoms with E-state index in [1.54, 1.807) is 12.1 Å². The first-order chi connectivity index (χ1) is 6.72. The summed E-state index contributed by atoms with van der Waals surface area (Å²) in [4.78, 5) is 0. The molecule has 1 aromatic carbocycles. The lowest BCUT2D eigenvalue weighted by Crippen LogP contribution is -1.95. The highest BCUT2D eigenvalue weighted by Crippen LogP contribution is 2.10. The fourth-order valence-electron chi connectivity index (χ4n) is 1.14. The number of allylic oxidation sites excluding steroid dienone is 1. The minimum Gasteiger partial charge on any atom is -0.327 e. The third-order valence-corrected chi connectivity index (χ3v) is 1.91. The van der Waals surface area contributed by atoms with Crippen LogP contribution < -0.4 is 5.73 Å². The highest BCUT2D eigenvalue weighted by Gasteiger charge is 1.97. The molecule has 76 valence electrons. The highest BCUT2D eigenvalue weighted by atomic mass is 19.1. The third-order valence-electron chi connectivity index (χ3n) is 1.91. The van der Waals surface area contributed by atoms with Crippen LogP contribution in [0.15, 0.2) is 36.2 Å². The second-order valence-corrected chi connectivity index (χ2v) is 3.01. The van der Waals surface area contributed by atoms with Crippen molar-refractivity contribution in [2.24, 2.45) is 5.73 Å². The van der Waals surface area contributed by atoms with Crippen molar-refractivity contribution in [2.75, 3.05) is 6.54 Å². The van der Waals surface area contributed by atoms with E-state index in [1.165, 1.54) is 18.2 Å². The lowest BCUT2D eigenvalue weighted by molar-refractivity contribution is 0.584. The minimum absolute atomic E-state index is 0.211. The molecule has 0 radical (unpaired) electrons. The van der Waals surface area contributed by atoms with E-state index in [1.807, 2.05) is 0 Å². The van der Waals surface area contributed by atoms with Crippen molar-refractivity contribution in [2.45, 2.75) is 12.8 Å². The van der Waals surface area contributed by atoms with Crippen molar-refractivity contribution in [3.8, 4) is 0 Å². The van der Waals surface area contributed by atoms with Gasteiger partial charge in [0.15, 0.2) is 0 Å². The number of nitrogens with two attached hydrogens (primary N) is 1. The van der Waals surface area contributed by atoms with Crippen molar-refractivity contribution in [1.82, 2.24) is 0 Å². The summed E-state index contributed by atoms with van der Waals surface area (Å²) in [5.74, 6) is -0.483. The zero-order valence-electron chi connectivity index (χ0n) is 7.84. The van der Waals surface area contributed by atoms with Crippen LogP contribution in [-0.2, 0) is 6.42 Å². The highest BCUT2D eigenvalue weighted by molar-refractivity contribution is 5.17. The lowest BCUT2D eigenvalue weighted by Gasteiger charge is -1.99. The largest absolute Gasteiger partial charge is 0.327 e. The van der Waals surface area contributed by atoms with Crippen LogP contribution in [0.5, 0.6) is 0 Å². The number of hydrogen-bond donors (Lipinski definition) is 1. The molecule has 0 amide bonds. The average Bonchev–Trinajstić information content (AvgIpc) is 2.17. The quantitative estimate of drug-likeness (QED) is 0.788. The first kappa shape index (κ1) is 10.9. The van der Waals surface area contributed by atoms with Crippen LogP contribution in [0.4, 0.5) is 8.78 Å². The Morgan fingerprint density at radius 1 is 1.29 bits per heavy atom. The fourth-order valence-corrected chi connectivity index (χ4v) is 1.14. The van der Waals surface area contributed by atoms with Gasteiger partial charge in [-0.25, -0.2) is 8.78 Å². The maximum atomic E-state index is 12.9. The fraction of sp³-hybridized carbons (Fsp3) is 0.273. The summed E-state index contributed by atoms with van der Waals surface area (Å²) in [5, 5.41) is 0. The van der Waals surface area contributed by atoms with Crippen LogP contribution in [-0.4, -0.2) is 6.54 Å². The van der Waals surface area contributed by atoms with Gasteiger partial charge < -0.3 is 5.73 Å². The van der Waals surface area contributed by atoms with E-state index in [9.17, 15) is 8.78 Å². The molecule has 0 saturated carbocycles. The molecular weight excluding hydrogens is 184 g/mol. The number of rotatable bonds is 4. The Labute approximate surface area is 82.2 Å². The molecule has 3 heteroatoms. The molecule has 0 aliphatic carbocycles. The van der Waals surface area contributed by atoms with Crippen molar-refractivity contribution < 1.29 is 8.78 Å². The van der Waals surface area contributed by atoms with Gasteiger partial charge in [-0.1, -0.05) is 12.1 Å². The van der Waals surface area contributed by atoms with Gasteiger partial charge in [0.25, 0.3) is 0 Å². The molecule has 0 aromatic heterocycles. The Bertz CT molecular complexity index is 304. The Hall–Kier alpha value is -1.22. The predicted molar refractivity (Wildman–Crippen MR) is 53.0 cm³/mol. The van der Waals surface area contributed by atoms with Gasteiger partial charge >= 0.3 is 0 Å². The third kappa shape index (κ3) is 3.66. The minimum atomic E-state index is -0.272. The second kappa shape index (κ2) is 5.50. The Morgan fingerprint density at radius 2 is 1.93 bits per heavy atom. The van der Waals surface area contributed by atoms with E-state index >= 15 is 0 Å². The van der Waals surface area contributed by atoms with Gasteiger partial charge in [-0.15, -0.1) is 0 Å². The lowest BCUT2D eigenvalue weighted by atomic mass is 10.1. The van der Waals surface area contributed by atoms with Crippen LogP contribution in [0, 0.1) is 5.82 Å². The molecular formula is C11H13F2N. The van der Waals surface area contributed by atoms with Crippen LogP contribution in [0.1, 0.15) is 12.0 Å². The Morgan fingerprint density at radius 3 is 2.50 bits per heavy atom. The summed E-state index contributed by atoms with van der Waals surface area (Å²) in [6, 6.07) is 6.07. The zero-order valence-corrected chi connectivity index (χ0v) is 7.84. The molecule has 0 atom stereocenters. The average molecular weight is 197 g/mol. The normalized spacial score (nSPS) is 11.8. The van der Waals surface area contributed by atoms with E-state index < -0.39 is 0 Å². The standard InChI is InChI=1S/C11H13F2N/c12-10-4-1-9(2-5-10)3-6-11(13)7-8-14/h1-2,4-5,7H,3,6,8,14H2/b11-7+. The van der Waals surface area contributed by atoms with E-state index in [-0.39, 0.29) is 18.2 Å². The van der Waals surface area contributed by atoms with E-state index in [0.29, 0.717) is 12.8 Å². The number of benzene rings is 1. The van der Waals surface area contributed by atoms with Crippen molar-refractivity contribution in [3.05, 3.63) is 47.5 Å². The van der Waals surface area contributed by atoms with E-state index in [4.69, 9.17) is 5.73 Å². The smallest absolute Gasteiger partial charge is 0.123 e. The summed E-state index contributed by atoms with van der Waals surface area (Å²) in [6.45, 7) is 0.218. The summed E-state index contributed by atoms with van der Waals surface area (Å²) < 4.78 is 25.4. The zero-order chi connectivity index (χ0) is 10.4. The van der Waals surface area contributed by atoms with Gasteiger partial charge in [-0.2, -0.15) is 0 Å². The number of halogens is 2. The maximum Gasteiger partial charge on any atom is 0.123 e. The van der Waals surface area contributed by atoms with Gasteiger partial charge in [-0.05, 0) is 30.2 Å². The summed E-state index contributed by atoms with van der Waals surface area (Å²) in [7, 11) is 0. The van der Waals surface area contributed by atoms with Crippen LogP contribution in [0.25, 0.3) is 0 Å². The Kier molecular flexibility index (Phi) is 4.26. The van der Waals surface area contributed by atoms with Gasteiger partial charge in [0, 0.05) is 13.0 Å². The number of hydrogen-bond acceptors (Lipinski definition) is 1. The van der Waals surface area contributed by atoms with Crippen molar-refractivity contribution >= 4 is 0 Å². The van der Waals surface area contributed by atoms with Crippen molar-refractivity contribution in [3.63, 3.8) is 0 Å². The van der Waals surface area contributed by atoms with E-state index in [0.717, 1.165) is 5.56 Å². The van der Waals surface area contributed by atoms with Gasteiger partial charge in [-0.3, -0.25) is 0 Å². The van der Waals surface area contributed by atoms with Gasteiger partial charge in [0.2, 0.25) is 0 Å². The molecule has 1 rings (SSSR count). The maximum absolute atomic E-state index is 12.9. The summed E-state index contributed by atoms with van der Waals surface area (Å²) >= 11 is 0. The molecule has 0 fully saturated rings. The SMILES string of the molecule is NC/C=C(/F)CCc1ccc(F)cc1. The molecule has 1 aromatic rings. The van der Waals surface area contributed by atoms with E-state index in [2.05, 4.69) is 0 Å². The van der Waals surface area contributed by atoms with Gasteiger partial charge in [0.05, 0.1) is 5.83 Å². The first-order valence-electron chi connectivity index (χ1n) is 4.51. The Balaban J connectivity index is 2.46. The predicted octanol–water partition coefficient (Wildman–Crippen LogP) is 2.57. The summed E-state index contributed by atoms with van der Waals surface area (Å²) in [5.41, 5.74) is 6.08. The van der Waals surface area contributed by atoms with Gasteiger partial charge in [0.1, 0.15) is 5.82 Å². The molecule has 0 saturated heterocycles. The molecule has 1 nitrogen and oxygen atoms in total. The number of aryl methyl sites for hydroxylation is 1. The molecule has 0 aliphatic heterocycles. The van der Waals surface area contributed by atoms with Crippen LogP contribution >= 0.6 is 0 Å². The molecule has 2 N–H and O–H groups in total. The molecule has 0 unspecified atom stereocenters. The molecule has 0 aliphatic rings. The monoisotopic (exact) mass is 197 g/mol. The first-order valence-corrected chi connectivity index (χ1v) is 4.51. The molecule has 0 heterocycles. The molecule has 14 heavy (non-hydrogen) atoms. The second-order valence-electron chi connectivity index (χ2n) is 3.01.